The van der Waals surface area contributed by atoms with E-state index in [9.17, 15) is 9.59 Å². The predicted molar refractivity (Wildman–Crippen MR) is 64.7 cm³/mol. The van der Waals surface area contributed by atoms with Gasteiger partial charge in [-0.3, -0.25) is 14.5 Å². The van der Waals surface area contributed by atoms with Crippen molar-refractivity contribution in [1.82, 2.24) is 10.2 Å². The average Bonchev–Trinajstić information content (AvgIpc) is 2.35. The summed E-state index contributed by atoms with van der Waals surface area (Å²) in [5.74, 6) is -0.814. The molecule has 0 saturated carbocycles. The van der Waals surface area contributed by atoms with Gasteiger partial charge in [-0.2, -0.15) is 0 Å². The largest absolute Gasteiger partial charge is 0.480 e. The fraction of sp³-hybridized carbons (Fsp3) is 0.833. The van der Waals surface area contributed by atoms with Gasteiger partial charge >= 0.3 is 5.97 Å². The fourth-order valence-corrected chi connectivity index (χ4v) is 2.12. The third-order valence-electron chi connectivity index (χ3n) is 3.28. The Morgan fingerprint density at radius 2 is 2.24 bits per heavy atom. The number of piperidine rings is 1. The van der Waals surface area contributed by atoms with Gasteiger partial charge in [0.2, 0.25) is 5.91 Å². The highest BCUT2D eigenvalue weighted by Crippen LogP contribution is 2.18. The van der Waals surface area contributed by atoms with Crippen molar-refractivity contribution in [2.75, 3.05) is 19.6 Å². The Balaban J connectivity index is 2.48. The molecule has 1 saturated heterocycles. The van der Waals surface area contributed by atoms with E-state index in [4.69, 9.17) is 5.11 Å². The molecule has 0 aliphatic carbocycles. The number of rotatable bonds is 5. The van der Waals surface area contributed by atoms with E-state index in [1.807, 2.05) is 11.8 Å². The molecule has 2 atom stereocenters. The van der Waals surface area contributed by atoms with Gasteiger partial charge in [0, 0.05) is 13.1 Å². The summed E-state index contributed by atoms with van der Waals surface area (Å²) >= 11 is 0. The lowest BCUT2D eigenvalue weighted by Gasteiger charge is -2.34. The molecule has 5 heteroatoms. The van der Waals surface area contributed by atoms with Crippen molar-refractivity contribution in [3.8, 4) is 0 Å². The summed E-state index contributed by atoms with van der Waals surface area (Å²) in [6.45, 7) is 5.71. The number of aliphatic carboxylic acids is 1. The van der Waals surface area contributed by atoms with E-state index in [2.05, 4.69) is 5.32 Å². The minimum Gasteiger partial charge on any atom is -0.480 e. The van der Waals surface area contributed by atoms with Crippen molar-refractivity contribution in [1.29, 1.82) is 0 Å². The topological polar surface area (TPSA) is 69.6 Å². The van der Waals surface area contributed by atoms with Crippen LogP contribution < -0.4 is 5.32 Å². The molecule has 2 unspecified atom stereocenters. The SMILES string of the molecule is CCCNC(=O)C1CCCN(C(C)C(=O)O)C1. The van der Waals surface area contributed by atoms with Crippen LogP contribution >= 0.6 is 0 Å². The third-order valence-corrected chi connectivity index (χ3v) is 3.28. The number of carbonyl (C=O) groups is 2. The zero-order valence-electron chi connectivity index (χ0n) is 10.6. The Kier molecular flexibility index (Phi) is 5.41. The second-order valence-corrected chi connectivity index (χ2v) is 4.64. The summed E-state index contributed by atoms with van der Waals surface area (Å²) in [7, 11) is 0. The first-order chi connectivity index (χ1) is 8.06. The van der Waals surface area contributed by atoms with E-state index in [1.54, 1.807) is 6.92 Å². The van der Waals surface area contributed by atoms with Gasteiger partial charge in [-0.05, 0) is 32.7 Å². The molecule has 0 spiro atoms. The molecule has 98 valence electrons. The molecule has 1 aliphatic rings. The minimum absolute atomic E-state index is 0.0582. The van der Waals surface area contributed by atoms with Crippen molar-refractivity contribution in [2.45, 2.75) is 39.2 Å². The average molecular weight is 242 g/mol. The first-order valence-corrected chi connectivity index (χ1v) is 6.30. The molecule has 17 heavy (non-hydrogen) atoms. The lowest BCUT2D eigenvalue weighted by Crippen LogP contribution is -2.48. The quantitative estimate of drug-likeness (QED) is 0.744. The number of amides is 1. The highest BCUT2D eigenvalue weighted by atomic mass is 16.4. The Morgan fingerprint density at radius 1 is 1.53 bits per heavy atom. The van der Waals surface area contributed by atoms with Crippen molar-refractivity contribution >= 4 is 11.9 Å². The highest BCUT2D eigenvalue weighted by molar-refractivity contribution is 5.79. The third kappa shape index (κ3) is 4.00. The second kappa shape index (κ2) is 6.59. The smallest absolute Gasteiger partial charge is 0.320 e. The first-order valence-electron chi connectivity index (χ1n) is 6.30. The Labute approximate surface area is 102 Å². The maximum absolute atomic E-state index is 11.8. The number of likely N-dealkylation sites (tertiary alicyclic amines) is 1. The molecule has 0 aromatic rings. The van der Waals surface area contributed by atoms with Gasteiger partial charge < -0.3 is 10.4 Å². The zero-order chi connectivity index (χ0) is 12.8. The molecule has 0 aromatic carbocycles. The van der Waals surface area contributed by atoms with Crippen LogP contribution in [0.3, 0.4) is 0 Å². The minimum atomic E-state index is -0.820. The molecule has 1 heterocycles. The van der Waals surface area contributed by atoms with Crippen LogP contribution in [0.15, 0.2) is 0 Å². The first kappa shape index (κ1) is 14.0. The monoisotopic (exact) mass is 242 g/mol. The van der Waals surface area contributed by atoms with Crippen LogP contribution in [0.2, 0.25) is 0 Å². The number of hydrogen-bond donors (Lipinski definition) is 2. The van der Waals surface area contributed by atoms with Gasteiger partial charge in [-0.15, -0.1) is 0 Å². The Morgan fingerprint density at radius 3 is 2.82 bits per heavy atom. The van der Waals surface area contributed by atoms with Gasteiger partial charge in [-0.25, -0.2) is 0 Å². The number of carboxylic acids is 1. The van der Waals surface area contributed by atoms with Crippen LogP contribution in [0.1, 0.15) is 33.1 Å². The van der Waals surface area contributed by atoms with E-state index in [0.29, 0.717) is 13.1 Å². The van der Waals surface area contributed by atoms with E-state index in [-0.39, 0.29) is 11.8 Å². The predicted octanol–water partition coefficient (Wildman–Crippen LogP) is 0.698. The lowest BCUT2D eigenvalue weighted by atomic mass is 9.96. The summed E-state index contributed by atoms with van der Waals surface area (Å²) in [4.78, 5) is 24.6. The van der Waals surface area contributed by atoms with E-state index in [0.717, 1.165) is 25.8 Å². The van der Waals surface area contributed by atoms with Crippen LogP contribution in [0, 0.1) is 5.92 Å². The van der Waals surface area contributed by atoms with E-state index in [1.165, 1.54) is 0 Å². The Hall–Kier alpha value is -1.10. The van der Waals surface area contributed by atoms with Gasteiger partial charge in [0.1, 0.15) is 6.04 Å². The van der Waals surface area contributed by atoms with Crippen LogP contribution in [-0.2, 0) is 9.59 Å². The molecular formula is C12H22N2O3. The molecule has 1 aliphatic heterocycles. The van der Waals surface area contributed by atoms with Gasteiger partial charge in [0.05, 0.1) is 5.92 Å². The fourth-order valence-electron chi connectivity index (χ4n) is 2.12. The zero-order valence-corrected chi connectivity index (χ0v) is 10.6. The van der Waals surface area contributed by atoms with Crippen molar-refractivity contribution in [3.63, 3.8) is 0 Å². The number of nitrogens with zero attached hydrogens (tertiary/aromatic N) is 1. The van der Waals surface area contributed by atoms with Crippen LogP contribution in [0.25, 0.3) is 0 Å². The summed E-state index contributed by atoms with van der Waals surface area (Å²) in [6.07, 6.45) is 2.67. The molecule has 5 nitrogen and oxygen atoms in total. The second-order valence-electron chi connectivity index (χ2n) is 4.64. The van der Waals surface area contributed by atoms with Crippen molar-refractivity contribution in [3.05, 3.63) is 0 Å². The molecule has 1 fully saturated rings. The standard InChI is InChI=1S/C12H22N2O3/c1-3-6-13-11(15)10-5-4-7-14(8-10)9(2)12(16)17/h9-10H,3-8H2,1-2H3,(H,13,15)(H,16,17). The van der Waals surface area contributed by atoms with E-state index >= 15 is 0 Å². The Bertz CT molecular complexity index is 281. The van der Waals surface area contributed by atoms with Crippen LogP contribution in [-0.4, -0.2) is 47.6 Å². The van der Waals surface area contributed by atoms with Gasteiger partial charge in [0.25, 0.3) is 0 Å². The number of nitrogens with one attached hydrogen (secondary N) is 1. The maximum Gasteiger partial charge on any atom is 0.320 e. The van der Waals surface area contributed by atoms with Crippen LogP contribution in [0.4, 0.5) is 0 Å². The van der Waals surface area contributed by atoms with Gasteiger partial charge in [0.15, 0.2) is 0 Å². The lowest BCUT2D eigenvalue weighted by molar-refractivity contribution is -0.144. The molecular weight excluding hydrogens is 220 g/mol. The molecule has 0 radical (unpaired) electrons. The molecule has 0 aromatic heterocycles. The summed E-state index contributed by atoms with van der Waals surface area (Å²) in [6, 6.07) is -0.503. The summed E-state index contributed by atoms with van der Waals surface area (Å²) < 4.78 is 0. The van der Waals surface area contributed by atoms with E-state index < -0.39 is 12.0 Å². The molecule has 2 N–H and O–H groups in total. The molecule has 1 amide bonds. The molecule has 0 bridgehead atoms. The number of carboxylic acid groups (broad SMARTS) is 1. The molecule has 1 rings (SSSR count). The highest BCUT2D eigenvalue weighted by Gasteiger charge is 2.30. The summed E-state index contributed by atoms with van der Waals surface area (Å²) in [5.41, 5.74) is 0. The number of carbonyl (C=O) groups excluding carboxylic acids is 1. The summed E-state index contributed by atoms with van der Waals surface area (Å²) in [5, 5.41) is 11.8. The van der Waals surface area contributed by atoms with Crippen LogP contribution in [0.5, 0.6) is 0 Å². The number of hydrogen-bond acceptors (Lipinski definition) is 3. The van der Waals surface area contributed by atoms with Crippen molar-refractivity contribution < 1.29 is 14.7 Å². The van der Waals surface area contributed by atoms with Crippen molar-refractivity contribution in [2.24, 2.45) is 5.92 Å². The van der Waals surface area contributed by atoms with Gasteiger partial charge in [-0.1, -0.05) is 6.92 Å². The maximum atomic E-state index is 11.8. The normalized spacial score (nSPS) is 23.1.